The van der Waals surface area contributed by atoms with Crippen molar-refractivity contribution in [2.45, 2.75) is 108 Å². The van der Waals surface area contributed by atoms with Crippen molar-refractivity contribution < 1.29 is 4.21 Å². The molecule has 1 N–H and O–H groups in total. The minimum absolute atomic E-state index is 0.102. The summed E-state index contributed by atoms with van der Waals surface area (Å²) in [6.45, 7) is 9.54. The lowest BCUT2D eigenvalue weighted by molar-refractivity contribution is 0.411. The molecule has 0 aromatic carbocycles. The first-order valence-corrected chi connectivity index (χ1v) is 10.3. The normalized spacial score (nSPS) is 28.4. The monoisotopic (exact) mass is 315 g/mol. The average molecular weight is 316 g/mol. The second kappa shape index (κ2) is 9.99. The van der Waals surface area contributed by atoms with E-state index in [1.807, 2.05) is 0 Å². The minimum atomic E-state index is -0.760. The van der Waals surface area contributed by atoms with Crippen molar-refractivity contribution in [3.8, 4) is 0 Å². The highest BCUT2D eigenvalue weighted by atomic mass is 32.2. The van der Waals surface area contributed by atoms with Gasteiger partial charge < -0.3 is 5.32 Å². The van der Waals surface area contributed by atoms with Crippen LogP contribution < -0.4 is 5.32 Å². The Morgan fingerprint density at radius 2 is 1.38 bits per heavy atom. The SMILES string of the molecule is CCNC1CCCCCCCCCCC1S(=O)C(C)(C)C. The Kier molecular flexibility index (Phi) is 9.12. The quantitative estimate of drug-likeness (QED) is 0.811. The number of hydrogen-bond acceptors (Lipinski definition) is 2. The predicted molar refractivity (Wildman–Crippen MR) is 95.3 cm³/mol. The summed E-state index contributed by atoms with van der Waals surface area (Å²) < 4.78 is 12.9. The molecule has 2 nitrogen and oxygen atoms in total. The average Bonchev–Trinajstić information content (AvgIpc) is 2.40. The van der Waals surface area contributed by atoms with E-state index in [0.717, 1.165) is 13.0 Å². The maximum absolute atomic E-state index is 13.0. The zero-order valence-electron chi connectivity index (χ0n) is 14.7. The molecule has 3 unspecified atom stereocenters. The van der Waals surface area contributed by atoms with E-state index in [2.05, 4.69) is 33.0 Å². The van der Waals surface area contributed by atoms with Crippen LogP contribution in [0.5, 0.6) is 0 Å². The maximum atomic E-state index is 13.0. The summed E-state index contributed by atoms with van der Waals surface area (Å²) in [4.78, 5) is 0. The van der Waals surface area contributed by atoms with Crippen molar-refractivity contribution in [2.75, 3.05) is 6.54 Å². The van der Waals surface area contributed by atoms with E-state index in [1.54, 1.807) is 0 Å². The fraction of sp³-hybridized carbons (Fsp3) is 1.00. The van der Waals surface area contributed by atoms with Crippen LogP contribution in [0.3, 0.4) is 0 Å². The van der Waals surface area contributed by atoms with Crippen LogP contribution >= 0.6 is 0 Å². The highest BCUT2D eigenvalue weighted by Gasteiger charge is 2.32. The Balaban J connectivity index is 2.77. The Labute approximate surface area is 135 Å². The van der Waals surface area contributed by atoms with Crippen LogP contribution in [-0.4, -0.2) is 26.8 Å². The fourth-order valence-electron chi connectivity index (χ4n) is 3.36. The van der Waals surface area contributed by atoms with Gasteiger partial charge in [-0.05, 0) is 40.2 Å². The second-order valence-electron chi connectivity index (χ2n) is 7.52. The Morgan fingerprint density at radius 1 is 0.905 bits per heavy atom. The first-order valence-electron chi connectivity index (χ1n) is 9.11. The molecule has 0 amide bonds. The topological polar surface area (TPSA) is 29.1 Å². The van der Waals surface area contributed by atoms with Gasteiger partial charge in [0.1, 0.15) is 0 Å². The van der Waals surface area contributed by atoms with E-state index < -0.39 is 10.8 Å². The van der Waals surface area contributed by atoms with Gasteiger partial charge in [-0.2, -0.15) is 0 Å². The summed E-state index contributed by atoms with van der Waals surface area (Å²) in [5, 5.41) is 3.97. The Hall–Kier alpha value is 0.110. The summed E-state index contributed by atoms with van der Waals surface area (Å²) >= 11 is 0. The zero-order chi connectivity index (χ0) is 15.7. The third-order valence-electron chi connectivity index (χ3n) is 4.55. The van der Waals surface area contributed by atoms with Crippen molar-refractivity contribution in [3.05, 3.63) is 0 Å². The molecule has 0 aromatic rings. The molecule has 1 rings (SSSR count). The van der Waals surface area contributed by atoms with Gasteiger partial charge in [0.05, 0.1) is 5.25 Å². The van der Waals surface area contributed by atoms with Gasteiger partial charge in [0, 0.05) is 21.6 Å². The molecule has 3 heteroatoms. The zero-order valence-corrected chi connectivity index (χ0v) is 15.6. The lowest BCUT2D eigenvalue weighted by Gasteiger charge is -2.33. The number of rotatable bonds is 3. The van der Waals surface area contributed by atoms with Gasteiger partial charge in [0.15, 0.2) is 0 Å². The molecule has 3 atom stereocenters. The standard InChI is InChI=1S/C18H37NOS/c1-5-19-16-14-12-10-8-6-7-9-11-13-15-17(16)21(20)18(2,3)4/h16-17,19H,5-15H2,1-4H3. The van der Waals surface area contributed by atoms with Crippen LogP contribution in [0.25, 0.3) is 0 Å². The Bertz CT molecular complexity index is 298. The first-order chi connectivity index (χ1) is 9.96. The molecule has 0 saturated heterocycles. The van der Waals surface area contributed by atoms with Crippen molar-refractivity contribution in [3.63, 3.8) is 0 Å². The molecule has 1 aliphatic rings. The number of hydrogen-bond donors (Lipinski definition) is 1. The van der Waals surface area contributed by atoms with E-state index >= 15 is 0 Å². The van der Waals surface area contributed by atoms with Crippen LogP contribution in [0.1, 0.15) is 91.9 Å². The van der Waals surface area contributed by atoms with E-state index in [0.29, 0.717) is 11.3 Å². The predicted octanol–water partition coefficient (Wildman–Crippen LogP) is 4.79. The Morgan fingerprint density at radius 3 is 1.86 bits per heavy atom. The van der Waals surface area contributed by atoms with Crippen molar-refractivity contribution >= 4 is 10.8 Å². The first kappa shape index (κ1) is 19.2. The number of nitrogens with one attached hydrogen (secondary N) is 1. The van der Waals surface area contributed by atoms with Gasteiger partial charge in [-0.3, -0.25) is 4.21 Å². The minimum Gasteiger partial charge on any atom is -0.313 e. The van der Waals surface area contributed by atoms with E-state index in [1.165, 1.54) is 57.8 Å². The summed E-state index contributed by atoms with van der Waals surface area (Å²) in [5.41, 5.74) is 0. The molecule has 1 fully saturated rings. The molecule has 126 valence electrons. The molecule has 0 aromatic heterocycles. The fourth-order valence-corrected chi connectivity index (χ4v) is 5.18. The molecule has 0 spiro atoms. The third-order valence-corrected chi connectivity index (χ3v) is 6.87. The molecule has 0 radical (unpaired) electrons. The summed E-state index contributed by atoms with van der Waals surface area (Å²) in [6.07, 6.45) is 13.1. The van der Waals surface area contributed by atoms with Crippen LogP contribution in [0, 0.1) is 0 Å². The summed E-state index contributed by atoms with van der Waals surface area (Å²) in [7, 11) is -0.760. The van der Waals surface area contributed by atoms with E-state index in [4.69, 9.17) is 0 Å². The molecule has 21 heavy (non-hydrogen) atoms. The van der Waals surface area contributed by atoms with Crippen LogP contribution in [0.15, 0.2) is 0 Å². The van der Waals surface area contributed by atoms with Gasteiger partial charge in [-0.25, -0.2) is 0 Å². The molecular formula is C18H37NOS. The highest BCUT2D eigenvalue weighted by Crippen LogP contribution is 2.26. The lowest BCUT2D eigenvalue weighted by atomic mass is 9.97. The second-order valence-corrected chi connectivity index (χ2v) is 9.94. The van der Waals surface area contributed by atoms with Gasteiger partial charge in [0.25, 0.3) is 0 Å². The van der Waals surface area contributed by atoms with Crippen molar-refractivity contribution in [2.24, 2.45) is 0 Å². The molecule has 0 aliphatic heterocycles. The largest absolute Gasteiger partial charge is 0.313 e. The summed E-state index contributed by atoms with van der Waals surface area (Å²) in [6, 6.07) is 0.439. The summed E-state index contributed by atoms with van der Waals surface area (Å²) in [5.74, 6) is 0. The van der Waals surface area contributed by atoms with Gasteiger partial charge in [0.2, 0.25) is 0 Å². The molecule has 0 heterocycles. The van der Waals surface area contributed by atoms with Crippen LogP contribution in [-0.2, 0) is 10.8 Å². The van der Waals surface area contributed by atoms with Crippen molar-refractivity contribution in [1.82, 2.24) is 5.32 Å². The van der Waals surface area contributed by atoms with Crippen LogP contribution in [0.2, 0.25) is 0 Å². The van der Waals surface area contributed by atoms with Gasteiger partial charge >= 0.3 is 0 Å². The van der Waals surface area contributed by atoms with E-state index in [-0.39, 0.29) is 4.75 Å². The lowest BCUT2D eigenvalue weighted by Crippen LogP contribution is -2.46. The molecule has 0 bridgehead atoms. The van der Waals surface area contributed by atoms with Crippen molar-refractivity contribution in [1.29, 1.82) is 0 Å². The molecule has 1 saturated carbocycles. The van der Waals surface area contributed by atoms with Gasteiger partial charge in [-0.15, -0.1) is 0 Å². The maximum Gasteiger partial charge on any atom is 0.0506 e. The van der Waals surface area contributed by atoms with Crippen LogP contribution in [0.4, 0.5) is 0 Å². The van der Waals surface area contributed by atoms with E-state index in [9.17, 15) is 4.21 Å². The third kappa shape index (κ3) is 7.27. The highest BCUT2D eigenvalue weighted by molar-refractivity contribution is 7.87. The molecular weight excluding hydrogens is 278 g/mol. The molecule has 1 aliphatic carbocycles. The smallest absolute Gasteiger partial charge is 0.0506 e. The van der Waals surface area contributed by atoms with Gasteiger partial charge in [-0.1, -0.05) is 58.3 Å².